The van der Waals surface area contributed by atoms with E-state index in [1.54, 1.807) is 0 Å². The van der Waals surface area contributed by atoms with Crippen LogP contribution in [-0.2, 0) is 6.54 Å². The fourth-order valence-electron chi connectivity index (χ4n) is 3.18. The van der Waals surface area contributed by atoms with Crippen molar-refractivity contribution in [3.63, 3.8) is 0 Å². The Bertz CT molecular complexity index is 780. The fraction of sp³-hybridized carbons (Fsp3) is 0.474. The standard InChI is InChI=1S/C19H26ClN5O.HI/c1-13-5-6-16(20)11-17(13)24-7-9-25(10-8-24)19(21-4)22-12-18-23-14(2)15(3)26-18;/h5-6,11H,7-10,12H2,1-4H3,(H,21,22);1H. The minimum absolute atomic E-state index is 0. The number of aromatic nitrogens is 1. The first-order chi connectivity index (χ1) is 12.5. The maximum atomic E-state index is 6.17. The lowest BCUT2D eigenvalue weighted by atomic mass is 10.1. The lowest BCUT2D eigenvalue weighted by Crippen LogP contribution is -2.52. The molecule has 6 nitrogen and oxygen atoms in total. The second-order valence-corrected chi connectivity index (χ2v) is 6.99. The zero-order chi connectivity index (χ0) is 18.7. The van der Waals surface area contributed by atoms with E-state index < -0.39 is 0 Å². The molecule has 0 aliphatic carbocycles. The van der Waals surface area contributed by atoms with Crippen LogP contribution < -0.4 is 10.2 Å². The normalized spacial score (nSPS) is 14.9. The second-order valence-electron chi connectivity index (χ2n) is 6.55. The van der Waals surface area contributed by atoms with Crippen molar-refractivity contribution >= 4 is 47.2 Å². The molecule has 0 radical (unpaired) electrons. The molecule has 1 aliphatic rings. The number of guanidine groups is 1. The van der Waals surface area contributed by atoms with Crippen molar-refractivity contribution in [2.75, 3.05) is 38.1 Å². The molecule has 1 saturated heterocycles. The lowest BCUT2D eigenvalue weighted by molar-refractivity contribution is 0.368. The van der Waals surface area contributed by atoms with Gasteiger partial charge in [-0.15, -0.1) is 24.0 Å². The molecule has 0 bridgehead atoms. The third-order valence-corrected chi connectivity index (χ3v) is 5.01. The van der Waals surface area contributed by atoms with E-state index in [1.165, 1.54) is 11.3 Å². The number of halogens is 2. The number of nitrogens with one attached hydrogen (secondary N) is 1. The number of rotatable bonds is 3. The van der Waals surface area contributed by atoms with Gasteiger partial charge in [-0.2, -0.15) is 0 Å². The summed E-state index contributed by atoms with van der Waals surface area (Å²) < 4.78 is 5.63. The molecular formula is C19H27ClIN5O. The Kier molecular flexibility index (Phi) is 7.79. The first-order valence-electron chi connectivity index (χ1n) is 8.87. The zero-order valence-electron chi connectivity index (χ0n) is 16.3. The summed E-state index contributed by atoms with van der Waals surface area (Å²) >= 11 is 6.17. The maximum absolute atomic E-state index is 6.17. The number of anilines is 1. The quantitative estimate of drug-likeness (QED) is 0.393. The molecule has 0 atom stereocenters. The molecular weight excluding hydrogens is 477 g/mol. The van der Waals surface area contributed by atoms with E-state index in [1.807, 2.05) is 33.0 Å². The number of hydrogen-bond donors (Lipinski definition) is 1. The molecule has 148 valence electrons. The Hall–Kier alpha value is -1.48. The zero-order valence-corrected chi connectivity index (χ0v) is 19.3. The molecule has 3 rings (SSSR count). The highest BCUT2D eigenvalue weighted by Crippen LogP contribution is 2.25. The molecule has 2 aromatic rings. The molecule has 1 fully saturated rings. The van der Waals surface area contributed by atoms with Gasteiger partial charge in [-0.1, -0.05) is 17.7 Å². The first-order valence-corrected chi connectivity index (χ1v) is 9.25. The molecule has 0 amide bonds. The van der Waals surface area contributed by atoms with Gasteiger partial charge in [-0.25, -0.2) is 4.98 Å². The number of oxazole rings is 1. The van der Waals surface area contributed by atoms with Crippen LogP contribution in [0.25, 0.3) is 0 Å². The molecule has 27 heavy (non-hydrogen) atoms. The van der Waals surface area contributed by atoms with Crippen LogP contribution in [0.1, 0.15) is 22.9 Å². The van der Waals surface area contributed by atoms with Crippen molar-refractivity contribution in [3.05, 3.63) is 46.1 Å². The maximum Gasteiger partial charge on any atom is 0.214 e. The third kappa shape index (κ3) is 5.28. The monoisotopic (exact) mass is 503 g/mol. The molecule has 1 aromatic carbocycles. The van der Waals surface area contributed by atoms with E-state index >= 15 is 0 Å². The lowest BCUT2D eigenvalue weighted by Gasteiger charge is -2.38. The van der Waals surface area contributed by atoms with Gasteiger partial charge in [0.25, 0.3) is 0 Å². The third-order valence-electron chi connectivity index (χ3n) is 4.77. The fourth-order valence-corrected chi connectivity index (χ4v) is 3.35. The molecule has 1 aromatic heterocycles. The van der Waals surface area contributed by atoms with Crippen molar-refractivity contribution in [2.24, 2.45) is 4.99 Å². The Morgan fingerprint density at radius 1 is 1.22 bits per heavy atom. The summed E-state index contributed by atoms with van der Waals surface area (Å²) in [5.74, 6) is 2.43. The Morgan fingerprint density at radius 3 is 2.52 bits per heavy atom. The van der Waals surface area contributed by atoms with Crippen molar-refractivity contribution in [2.45, 2.75) is 27.3 Å². The summed E-state index contributed by atoms with van der Waals surface area (Å²) in [5, 5.41) is 4.13. The summed E-state index contributed by atoms with van der Waals surface area (Å²) in [6, 6.07) is 6.06. The molecule has 2 heterocycles. The van der Waals surface area contributed by atoms with Gasteiger partial charge in [0, 0.05) is 43.9 Å². The van der Waals surface area contributed by atoms with Crippen molar-refractivity contribution < 1.29 is 4.42 Å². The second kappa shape index (κ2) is 9.64. The molecule has 1 N–H and O–H groups in total. The van der Waals surface area contributed by atoms with E-state index in [9.17, 15) is 0 Å². The number of aliphatic imine (C=N–C) groups is 1. The van der Waals surface area contributed by atoms with E-state index in [2.05, 4.69) is 38.1 Å². The Morgan fingerprint density at radius 2 is 1.93 bits per heavy atom. The Labute approximate surface area is 183 Å². The van der Waals surface area contributed by atoms with E-state index in [-0.39, 0.29) is 24.0 Å². The smallest absolute Gasteiger partial charge is 0.214 e. The van der Waals surface area contributed by atoms with Gasteiger partial charge < -0.3 is 19.5 Å². The van der Waals surface area contributed by atoms with Crippen LogP contribution in [0, 0.1) is 20.8 Å². The number of piperazine rings is 1. The van der Waals surface area contributed by atoms with E-state index in [0.29, 0.717) is 12.4 Å². The predicted molar refractivity (Wildman–Crippen MR) is 122 cm³/mol. The average Bonchev–Trinajstić information content (AvgIpc) is 2.96. The van der Waals surface area contributed by atoms with Crippen LogP contribution in [0.2, 0.25) is 5.02 Å². The number of nitrogens with zero attached hydrogens (tertiary/aromatic N) is 4. The van der Waals surface area contributed by atoms with Crippen molar-refractivity contribution in [1.29, 1.82) is 0 Å². The summed E-state index contributed by atoms with van der Waals surface area (Å²) in [4.78, 5) is 13.5. The van der Waals surface area contributed by atoms with Crippen LogP contribution in [0.4, 0.5) is 5.69 Å². The number of aryl methyl sites for hydroxylation is 3. The van der Waals surface area contributed by atoms with Gasteiger partial charge >= 0.3 is 0 Å². The van der Waals surface area contributed by atoms with Gasteiger partial charge in [0.2, 0.25) is 5.89 Å². The minimum Gasteiger partial charge on any atom is -0.444 e. The highest BCUT2D eigenvalue weighted by Gasteiger charge is 2.21. The number of hydrogen-bond acceptors (Lipinski definition) is 4. The van der Waals surface area contributed by atoms with Gasteiger partial charge in [-0.3, -0.25) is 4.99 Å². The van der Waals surface area contributed by atoms with Gasteiger partial charge in [0.15, 0.2) is 5.96 Å². The van der Waals surface area contributed by atoms with Crippen LogP contribution in [-0.4, -0.2) is 49.1 Å². The minimum atomic E-state index is 0. The molecule has 0 spiro atoms. The molecule has 0 unspecified atom stereocenters. The summed E-state index contributed by atoms with van der Waals surface area (Å²) in [5.41, 5.74) is 3.40. The Balaban J connectivity index is 0.00000261. The van der Waals surface area contributed by atoms with E-state index in [4.69, 9.17) is 16.0 Å². The number of benzene rings is 1. The summed E-state index contributed by atoms with van der Waals surface area (Å²) in [7, 11) is 1.81. The molecule has 8 heteroatoms. The predicted octanol–water partition coefficient (Wildman–Crippen LogP) is 3.77. The summed E-state index contributed by atoms with van der Waals surface area (Å²) in [6.45, 7) is 10.2. The highest BCUT2D eigenvalue weighted by atomic mass is 127. The van der Waals surface area contributed by atoms with Gasteiger partial charge in [0.1, 0.15) is 5.76 Å². The van der Waals surface area contributed by atoms with Crippen LogP contribution in [0.3, 0.4) is 0 Å². The first kappa shape index (κ1) is 21.8. The summed E-state index contributed by atoms with van der Waals surface area (Å²) in [6.07, 6.45) is 0. The molecule has 0 saturated carbocycles. The average molecular weight is 504 g/mol. The van der Waals surface area contributed by atoms with Crippen molar-refractivity contribution in [1.82, 2.24) is 15.2 Å². The SMILES string of the molecule is CN=C(NCc1nc(C)c(C)o1)N1CCN(c2cc(Cl)ccc2C)CC1.I. The van der Waals surface area contributed by atoms with Gasteiger partial charge in [-0.05, 0) is 38.5 Å². The van der Waals surface area contributed by atoms with Crippen LogP contribution in [0.5, 0.6) is 0 Å². The largest absolute Gasteiger partial charge is 0.444 e. The van der Waals surface area contributed by atoms with Crippen LogP contribution >= 0.6 is 35.6 Å². The van der Waals surface area contributed by atoms with Crippen molar-refractivity contribution in [3.8, 4) is 0 Å². The molecule has 1 aliphatic heterocycles. The topological polar surface area (TPSA) is 56.9 Å². The highest BCUT2D eigenvalue weighted by molar-refractivity contribution is 14.0. The van der Waals surface area contributed by atoms with Gasteiger partial charge in [0.05, 0.1) is 12.2 Å². The van der Waals surface area contributed by atoms with Crippen LogP contribution in [0.15, 0.2) is 27.6 Å². The van der Waals surface area contributed by atoms with E-state index in [0.717, 1.165) is 48.6 Å².